The number of carbonyl (C=O) groups is 1. The van der Waals surface area contributed by atoms with Crippen LogP contribution in [-0.4, -0.2) is 20.2 Å². The molecule has 0 saturated carbocycles. The van der Waals surface area contributed by atoms with Gasteiger partial charge in [-0.15, -0.1) is 0 Å². The lowest BCUT2D eigenvalue weighted by molar-refractivity contribution is -0.384. The van der Waals surface area contributed by atoms with Crippen molar-refractivity contribution < 1.29 is 9.72 Å². The second kappa shape index (κ2) is 7.13. The highest BCUT2D eigenvalue weighted by molar-refractivity contribution is 6.34. The highest BCUT2D eigenvalue weighted by atomic mass is 35.5. The zero-order valence-electron chi connectivity index (χ0n) is 14.4. The molecule has 0 fully saturated rings. The number of carbonyl (C=O) groups excluding carboxylic acids is 1. The first-order valence-electron chi connectivity index (χ1n) is 8.31. The summed E-state index contributed by atoms with van der Waals surface area (Å²) in [4.78, 5) is 27.4. The summed E-state index contributed by atoms with van der Waals surface area (Å²) in [5.41, 5.74) is 2.96. The number of rotatable bonds is 4. The molecule has 0 aliphatic carbocycles. The fraction of sp³-hybridized carbons (Fsp3) is 0. The zero-order chi connectivity index (χ0) is 19.7. The van der Waals surface area contributed by atoms with Crippen molar-refractivity contribution in [1.29, 1.82) is 0 Å². The first-order chi connectivity index (χ1) is 13.5. The van der Waals surface area contributed by atoms with Crippen molar-refractivity contribution in [2.24, 2.45) is 0 Å². The van der Waals surface area contributed by atoms with Crippen LogP contribution in [0.2, 0.25) is 5.02 Å². The molecule has 1 amide bonds. The second-order valence-electron chi connectivity index (χ2n) is 6.05. The molecular formula is C20H13ClN4O3. The largest absolute Gasteiger partial charge is 0.321 e. The van der Waals surface area contributed by atoms with Crippen molar-refractivity contribution in [3.8, 4) is 11.3 Å². The highest BCUT2D eigenvalue weighted by Crippen LogP contribution is 2.27. The third kappa shape index (κ3) is 3.43. The van der Waals surface area contributed by atoms with E-state index >= 15 is 0 Å². The van der Waals surface area contributed by atoms with Gasteiger partial charge in [0.05, 0.1) is 21.3 Å². The highest BCUT2D eigenvalue weighted by Gasteiger charge is 2.14. The van der Waals surface area contributed by atoms with E-state index in [0.29, 0.717) is 16.9 Å². The van der Waals surface area contributed by atoms with Gasteiger partial charge in [0.2, 0.25) is 0 Å². The average molecular weight is 393 g/mol. The Morgan fingerprint density at radius 3 is 2.61 bits per heavy atom. The first-order valence-corrected chi connectivity index (χ1v) is 8.68. The summed E-state index contributed by atoms with van der Waals surface area (Å²) in [6, 6.07) is 17.0. The number of hydrogen-bond acceptors (Lipinski definition) is 4. The molecule has 28 heavy (non-hydrogen) atoms. The summed E-state index contributed by atoms with van der Waals surface area (Å²) in [5, 5.41) is 13.5. The van der Waals surface area contributed by atoms with Gasteiger partial charge in [0.15, 0.2) is 0 Å². The summed E-state index contributed by atoms with van der Waals surface area (Å²) in [7, 11) is 0. The van der Waals surface area contributed by atoms with Gasteiger partial charge >= 0.3 is 0 Å². The van der Waals surface area contributed by atoms with E-state index in [4.69, 9.17) is 11.6 Å². The third-order valence-electron chi connectivity index (χ3n) is 4.20. The maximum atomic E-state index is 12.6. The number of imidazole rings is 1. The Balaban J connectivity index is 1.60. The van der Waals surface area contributed by atoms with Crippen molar-refractivity contribution in [3.05, 3.63) is 93.8 Å². The third-order valence-corrected chi connectivity index (χ3v) is 4.52. The number of fused-ring (bicyclic) bond motifs is 1. The fourth-order valence-electron chi connectivity index (χ4n) is 2.78. The van der Waals surface area contributed by atoms with Crippen LogP contribution in [0.15, 0.2) is 73.1 Å². The van der Waals surface area contributed by atoms with Crippen molar-refractivity contribution in [1.82, 2.24) is 9.38 Å². The number of pyridine rings is 1. The standard InChI is InChI=1S/C20H13ClN4O3/c21-16-11-15(25(27)28)6-7-17(16)23-20(26)14-8-9-24-12-18(22-19(24)10-14)13-4-2-1-3-5-13/h1-12H,(H,23,26). The van der Waals surface area contributed by atoms with Gasteiger partial charge in [-0.05, 0) is 18.2 Å². The van der Waals surface area contributed by atoms with Crippen LogP contribution in [0.4, 0.5) is 11.4 Å². The van der Waals surface area contributed by atoms with Crippen LogP contribution in [-0.2, 0) is 0 Å². The number of nitrogens with one attached hydrogen (secondary N) is 1. The van der Waals surface area contributed by atoms with Gasteiger partial charge in [0, 0.05) is 35.7 Å². The Morgan fingerprint density at radius 1 is 1.11 bits per heavy atom. The Hall–Kier alpha value is -3.71. The van der Waals surface area contributed by atoms with Gasteiger partial charge in [0.1, 0.15) is 5.65 Å². The molecule has 8 heteroatoms. The minimum Gasteiger partial charge on any atom is -0.321 e. The first kappa shape index (κ1) is 17.7. The maximum absolute atomic E-state index is 12.6. The van der Waals surface area contributed by atoms with Crippen LogP contribution in [0.3, 0.4) is 0 Å². The van der Waals surface area contributed by atoms with Gasteiger partial charge in [-0.25, -0.2) is 4.98 Å². The number of nitro benzene ring substituents is 1. The van der Waals surface area contributed by atoms with Crippen LogP contribution in [0.5, 0.6) is 0 Å². The number of nitro groups is 1. The van der Waals surface area contributed by atoms with E-state index in [1.807, 2.05) is 40.9 Å². The molecule has 2 heterocycles. The summed E-state index contributed by atoms with van der Waals surface area (Å²) >= 11 is 6.04. The van der Waals surface area contributed by atoms with Gasteiger partial charge in [-0.3, -0.25) is 14.9 Å². The van der Waals surface area contributed by atoms with Crippen molar-refractivity contribution in [3.63, 3.8) is 0 Å². The Bertz CT molecular complexity index is 1200. The Kier molecular flexibility index (Phi) is 4.50. The predicted molar refractivity (Wildman–Crippen MR) is 107 cm³/mol. The topological polar surface area (TPSA) is 89.5 Å². The van der Waals surface area contributed by atoms with E-state index in [-0.39, 0.29) is 16.6 Å². The Labute approximate surface area is 164 Å². The minimum atomic E-state index is -0.548. The predicted octanol–water partition coefficient (Wildman–Crippen LogP) is 4.82. The molecule has 0 unspecified atom stereocenters. The molecule has 0 spiro atoms. The number of hydrogen-bond donors (Lipinski definition) is 1. The van der Waals surface area contributed by atoms with Crippen LogP contribution in [0.25, 0.3) is 16.9 Å². The van der Waals surface area contributed by atoms with Crippen LogP contribution >= 0.6 is 11.6 Å². The molecule has 0 radical (unpaired) electrons. The van der Waals surface area contributed by atoms with E-state index in [2.05, 4.69) is 10.3 Å². The summed E-state index contributed by atoms with van der Waals surface area (Å²) in [6.07, 6.45) is 3.64. The Morgan fingerprint density at radius 2 is 1.89 bits per heavy atom. The van der Waals surface area contributed by atoms with E-state index in [1.54, 1.807) is 18.3 Å². The molecular weight excluding hydrogens is 380 g/mol. The number of nitrogens with zero attached hydrogens (tertiary/aromatic N) is 3. The number of aromatic nitrogens is 2. The average Bonchev–Trinajstić information content (AvgIpc) is 3.13. The fourth-order valence-corrected chi connectivity index (χ4v) is 3.01. The van der Waals surface area contributed by atoms with Gasteiger partial charge in [0.25, 0.3) is 11.6 Å². The van der Waals surface area contributed by atoms with Crippen LogP contribution in [0.1, 0.15) is 10.4 Å². The van der Waals surface area contributed by atoms with E-state index in [9.17, 15) is 14.9 Å². The maximum Gasteiger partial charge on any atom is 0.271 e. The van der Waals surface area contributed by atoms with Gasteiger partial charge < -0.3 is 9.72 Å². The lowest BCUT2D eigenvalue weighted by Gasteiger charge is -2.07. The van der Waals surface area contributed by atoms with E-state index in [0.717, 1.165) is 11.3 Å². The monoisotopic (exact) mass is 392 g/mol. The number of halogens is 1. The number of anilines is 1. The molecule has 1 N–H and O–H groups in total. The van der Waals surface area contributed by atoms with Crippen LogP contribution < -0.4 is 5.32 Å². The molecule has 138 valence electrons. The summed E-state index contributed by atoms with van der Waals surface area (Å²) in [5.74, 6) is -0.387. The van der Waals surface area contributed by atoms with Gasteiger partial charge in [-0.1, -0.05) is 41.9 Å². The molecule has 0 saturated heterocycles. The number of amides is 1. The quantitative estimate of drug-likeness (QED) is 0.398. The molecule has 0 aliphatic heterocycles. The zero-order valence-corrected chi connectivity index (χ0v) is 15.1. The molecule has 4 aromatic rings. The molecule has 0 bridgehead atoms. The molecule has 2 aromatic heterocycles. The molecule has 2 aromatic carbocycles. The van der Waals surface area contributed by atoms with Crippen molar-refractivity contribution in [2.75, 3.05) is 5.32 Å². The van der Waals surface area contributed by atoms with Gasteiger partial charge in [-0.2, -0.15) is 0 Å². The normalized spacial score (nSPS) is 10.8. The molecule has 4 rings (SSSR count). The van der Waals surface area contributed by atoms with Crippen molar-refractivity contribution in [2.45, 2.75) is 0 Å². The summed E-state index contributed by atoms with van der Waals surface area (Å²) in [6.45, 7) is 0. The molecule has 0 atom stereocenters. The SMILES string of the molecule is O=C(Nc1ccc([N+](=O)[O-])cc1Cl)c1ccn2cc(-c3ccccc3)nc2c1. The van der Waals surface area contributed by atoms with Crippen LogP contribution in [0, 0.1) is 10.1 Å². The lowest BCUT2D eigenvalue weighted by Crippen LogP contribution is -2.12. The van der Waals surface area contributed by atoms with E-state index in [1.165, 1.54) is 18.2 Å². The lowest BCUT2D eigenvalue weighted by atomic mass is 10.2. The second-order valence-corrected chi connectivity index (χ2v) is 6.46. The van der Waals surface area contributed by atoms with Crippen molar-refractivity contribution >= 4 is 34.5 Å². The smallest absolute Gasteiger partial charge is 0.271 e. The number of benzene rings is 2. The van der Waals surface area contributed by atoms with E-state index < -0.39 is 4.92 Å². The minimum absolute atomic E-state index is 0.0933. The number of non-ortho nitro benzene ring substituents is 1. The molecule has 7 nitrogen and oxygen atoms in total. The summed E-state index contributed by atoms with van der Waals surface area (Å²) < 4.78 is 1.83. The molecule has 0 aliphatic rings.